The Labute approximate surface area is 88.5 Å². The SMILES string of the molecule is CC(CO)CSc1nc(Br)cs1. The van der Waals surface area contributed by atoms with Gasteiger partial charge in [-0.05, 0) is 21.8 Å². The van der Waals surface area contributed by atoms with Crippen LogP contribution in [0.5, 0.6) is 0 Å². The van der Waals surface area contributed by atoms with Gasteiger partial charge in [0.2, 0.25) is 0 Å². The minimum absolute atomic E-state index is 0.250. The number of hydrogen-bond donors (Lipinski definition) is 1. The zero-order valence-corrected chi connectivity index (χ0v) is 9.88. The molecule has 1 unspecified atom stereocenters. The number of aromatic nitrogens is 1. The van der Waals surface area contributed by atoms with E-state index < -0.39 is 0 Å². The molecule has 0 fully saturated rings. The van der Waals surface area contributed by atoms with Crippen molar-refractivity contribution < 1.29 is 5.11 Å². The summed E-state index contributed by atoms with van der Waals surface area (Å²) < 4.78 is 1.95. The molecule has 1 heterocycles. The van der Waals surface area contributed by atoms with Gasteiger partial charge in [0.05, 0.1) is 0 Å². The Kier molecular flexibility index (Phi) is 4.56. The monoisotopic (exact) mass is 267 g/mol. The summed E-state index contributed by atoms with van der Waals surface area (Å²) in [6.07, 6.45) is 0. The molecule has 0 aliphatic rings. The molecule has 1 aromatic heterocycles. The lowest BCUT2D eigenvalue weighted by atomic mass is 10.2. The molecule has 0 aromatic carbocycles. The second-order valence-electron chi connectivity index (χ2n) is 2.53. The van der Waals surface area contributed by atoms with Gasteiger partial charge in [0.15, 0.2) is 4.34 Å². The van der Waals surface area contributed by atoms with Gasteiger partial charge in [-0.3, -0.25) is 0 Å². The van der Waals surface area contributed by atoms with E-state index in [1.165, 1.54) is 0 Å². The third kappa shape index (κ3) is 3.43. The lowest BCUT2D eigenvalue weighted by Crippen LogP contribution is -2.02. The molecule has 1 aromatic rings. The number of hydrogen-bond acceptors (Lipinski definition) is 4. The van der Waals surface area contributed by atoms with Crippen molar-refractivity contribution >= 4 is 39.0 Å². The third-order valence-electron chi connectivity index (χ3n) is 1.26. The highest BCUT2D eigenvalue weighted by molar-refractivity contribution is 9.10. The van der Waals surface area contributed by atoms with Crippen LogP contribution in [0.15, 0.2) is 14.3 Å². The molecule has 0 aliphatic heterocycles. The van der Waals surface area contributed by atoms with Crippen molar-refractivity contribution in [3.05, 3.63) is 9.98 Å². The van der Waals surface area contributed by atoms with E-state index in [1.807, 2.05) is 12.3 Å². The van der Waals surface area contributed by atoms with Gasteiger partial charge in [0, 0.05) is 17.7 Å². The first-order chi connectivity index (χ1) is 5.72. The summed E-state index contributed by atoms with van der Waals surface area (Å²) in [7, 11) is 0. The maximum atomic E-state index is 8.78. The van der Waals surface area contributed by atoms with Gasteiger partial charge in [-0.25, -0.2) is 4.98 Å². The lowest BCUT2D eigenvalue weighted by molar-refractivity contribution is 0.250. The third-order valence-corrected chi connectivity index (χ3v) is 4.32. The van der Waals surface area contributed by atoms with Gasteiger partial charge in [0.25, 0.3) is 0 Å². The Morgan fingerprint density at radius 3 is 3.08 bits per heavy atom. The Morgan fingerprint density at radius 1 is 1.83 bits per heavy atom. The quantitative estimate of drug-likeness (QED) is 0.852. The van der Waals surface area contributed by atoms with E-state index in [0.717, 1.165) is 14.7 Å². The van der Waals surface area contributed by atoms with E-state index in [0.29, 0.717) is 5.92 Å². The average molecular weight is 268 g/mol. The lowest BCUT2D eigenvalue weighted by Gasteiger charge is -2.03. The second-order valence-corrected chi connectivity index (χ2v) is 5.47. The summed E-state index contributed by atoms with van der Waals surface area (Å²) >= 11 is 6.61. The molecule has 0 spiro atoms. The average Bonchev–Trinajstić information content (AvgIpc) is 2.47. The minimum atomic E-state index is 0.250. The van der Waals surface area contributed by atoms with Crippen molar-refractivity contribution in [1.82, 2.24) is 4.98 Å². The number of halogens is 1. The minimum Gasteiger partial charge on any atom is -0.396 e. The van der Waals surface area contributed by atoms with Crippen LogP contribution in [0.4, 0.5) is 0 Å². The maximum Gasteiger partial charge on any atom is 0.151 e. The van der Waals surface area contributed by atoms with E-state index in [1.54, 1.807) is 23.1 Å². The predicted molar refractivity (Wildman–Crippen MR) is 56.8 cm³/mol. The molecule has 12 heavy (non-hydrogen) atoms. The Bertz CT molecular complexity index is 241. The highest BCUT2D eigenvalue weighted by atomic mass is 79.9. The molecule has 2 nitrogen and oxygen atoms in total. The van der Waals surface area contributed by atoms with Crippen LogP contribution in [0, 0.1) is 5.92 Å². The molecule has 0 saturated heterocycles. The zero-order chi connectivity index (χ0) is 8.97. The fourth-order valence-electron chi connectivity index (χ4n) is 0.571. The second kappa shape index (κ2) is 5.21. The number of rotatable bonds is 4. The highest BCUT2D eigenvalue weighted by Crippen LogP contribution is 2.26. The van der Waals surface area contributed by atoms with Crippen molar-refractivity contribution in [3.63, 3.8) is 0 Å². The van der Waals surface area contributed by atoms with Crippen LogP contribution < -0.4 is 0 Å². The molecule has 1 N–H and O–H groups in total. The Hall–Kier alpha value is 0.420. The van der Waals surface area contributed by atoms with Crippen molar-refractivity contribution in [2.24, 2.45) is 5.92 Å². The van der Waals surface area contributed by atoms with E-state index in [-0.39, 0.29) is 6.61 Å². The molecular formula is C7H10BrNOS2. The van der Waals surface area contributed by atoms with E-state index in [4.69, 9.17) is 5.11 Å². The van der Waals surface area contributed by atoms with Gasteiger partial charge in [-0.1, -0.05) is 18.7 Å². The Balaban J connectivity index is 2.33. The van der Waals surface area contributed by atoms with Crippen LogP contribution in [-0.2, 0) is 0 Å². The maximum absolute atomic E-state index is 8.78. The summed E-state index contributed by atoms with van der Waals surface area (Å²) in [5.74, 6) is 1.27. The zero-order valence-electron chi connectivity index (χ0n) is 6.66. The normalized spacial score (nSPS) is 13.2. The summed E-state index contributed by atoms with van der Waals surface area (Å²) in [6.45, 7) is 2.27. The van der Waals surface area contributed by atoms with Crippen molar-refractivity contribution in [3.8, 4) is 0 Å². The fraction of sp³-hybridized carbons (Fsp3) is 0.571. The number of thiazole rings is 1. The first-order valence-corrected chi connectivity index (χ1v) is 6.23. The number of thioether (sulfide) groups is 1. The van der Waals surface area contributed by atoms with Gasteiger partial charge < -0.3 is 5.11 Å². The molecular weight excluding hydrogens is 258 g/mol. The fourth-order valence-corrected chi connectivity index (χ4v) is 2.98. The van der Waals surface area contributed by atoms with Crippen LogP contribution in [-0.4, -0.2) is 22.5 Å². The largest absolute Gasteiger partial charge is 0.396 e. The van der Waals surface area contributed by atoms with Crippen molar-refractivity contribution in [2.45, 2.75) is 11.3 Å². The molecule has 0 amide bonds. The van der Waals surface area contributed by atoms with Crippen LogP contribution in [0.3, 0.4) is 0 Å². The van der Waals surface area contributed by atoms with E-state index >= 15 is 0 Å². The predicted octanol–water partition coefficient (Wildman–Crippen LogP) is 2.63. The molecule has 68 valence electrons. The molecule has 1 atom stereocenters. The topological polar surface area (TPSA) is 33.1 Å². The van der Waals surface area contributed by atoms with E-state index in [9.17, 15) is 0 Å². The van der Waals surface area contributed by atoms with Gasteiger partial charge >= 0.3 is 0 Å². The summed E-state index contributed by atoms with van der Waals surface area (Å²) in [5.41, 5.74) is 0. The van der Waals surface area contributed by atoms with Crippen LogP contribution in [0.2, 0.25) is 0 Å². The van der Waals surface area contributed by atoms with Crippen molar-refractivity contribution in [2.75, 3.05) is 12.4 Å². The summed E-state index contributed by atoms with van der Waals surface area (Å²) in [5, 5.41) is 10.7. The van der Waals surface area contributed by atoms with Gasteiger partial charge in [-0.15, -0.1) is 11.3 Å². The standard InChI is InChI=1S/C7H10BrNOS2/c1-5(2-10)3-11-7-9-6(8)4-12-7/h4-5,10H,2-3H2,1H3. The van der Waals surface area contributed by atoms with Gasteiger partial charge in [-0.2, -0.15) is 0 Å². The number of aliphatic hydroxyl groups is 1. The highest BCUT2D eigenvalue weighted by Gasteiger charge is 2.04. The number of aliphatic hydroxyl groups excluding tert-OH is 1. The molecule has 0 radical (unpaired) electrons. The number of nitrogens with zero attached hydrogens (tertiary/aromatic N) is 1. The van der Waals surface area contributed by atoms with Crippen molar-refractivity contribution in [1.29, 1.82) is 0 Å². The Morgan fingerprint density at radius 2 is 2.58 bits per heavy atom. The molecule has 0 bridgehead atoms. The van der Waals surface area contributed by atoms with Gasteiger partial charge in [0.1, 0.15) is 4.60 Å². The molecule has 5 heteroatoms. The first kappa shape index (κ1) is 10.5. The van der Waals surface area contributed by atoms with Crippen LogP contribution >= 0.6 is 39.0 Å². The summed E-state index contributed by atoms with van der Waals surface area (Å²) in [6, 6.07) is 0. The first-order valence-electron chi connectivity index (χ1n) is 3.57. The smallest absolute Gasteiger partial charge is 0.151 e. The van der Waals surface area contributed by atoms with E-state index in [2.05, 4.69) is 20.9 Å². The summed E-state index contributed by atoms with van der Waals surface area (Å²) in [4.78, 5) is 4.23. The molecule has 0 saturated carbocycles. The molecule has 0 aliphatic carbocycles. The van der Waals surface area contributed by atoms with Crippen LogP contribution in [0.25, 0.3) is 0 Å². The van der Waals surface area contributed by atoms with Crippen LogP contribution in [0.1, 0.15) is 6.92 Å². The molecule has 1 rings (SSSR count).